The number of hydrogen-bond acceptors (Lipinski definition) is 6. The molecule has 0 aromatic heterocycles. The molecule has 0 bridgehead atoms. The lowest BCUT2D eigenvalue weighted by atomic mass is 10.1. The van der Waals surface area contributed by atoms with Crippen molar-refractivity contribution in [2.45, 2.75) is 43.2 Å². The molecule has 0 radical (unpaired) electrons. The summed E-state index contributed by atoms with van der Waals surface area (Å²) in [6.07, 6.45) is -1.48. The molecule has 28 heavy (non-hydrogen) atoms. The van der Waals surface area contributed by atoms with Gasteiger partial charge in [-0.2, -0.15) is 8.42 Å². The fourth-order valence-corrected chi connectivity index (χ4v) is 5.59. The van der Waals surface area contributed by atoms with E-state index in [1.165, 1.54) is 24.3 Å². The lowest BCUT2D eigenvalue weighted by molar-refractivity contribution is -0.128. The van der Waals surface area contributed by atoms with Crippen molar-refractivity contribution in [1.82, 2.24) is 4.31 Å². The Hall–Kier alpha value is -2.23. The van der Waals surface area contributed by atoms with Crippen LogP contribution in [0.1, 0.15) is 24.5 Å². The van der Waals surface area contributed by atoms with E-state index in [1.807, 2.05) is 6.92 Å². The van der Waals surface area contributed by atoms with Crippen LogP contribution in [0.4, 0.5) is 0 Å². The summed E-state index contributed by atoms with van der Waals surface area (Å²) in [5, 5.41) is 0. The minimum atomic E-state index is -4.25. The van der Waals surface area contributed by atoms with Gasteiger partial charge in [0, 0.05) is 12.3 Å². The topological polar surface area (TPSA) is 97.8 Å². The molecule has 2 aromatic rings. The van der Waals surface area contributed by atoms with Crippen LogP contribution in [0.25, 0.3) is 0 Å². The van der Waals surface area contributed by atoms with Crippen LogP contribution in [-0.4, -0.2) is 33.3 Å². The maximum atomic E-state index is 13.0. The van der Waals surface area contributed by atoms with Crippen LogP contribution in [-0.2, 0) is 29.1 Å². The number of sulfonamides is 1. The molecule has 2 aromatic carbocycles. The second-order valence-corrected chi connectivity index (χ2v) is 10.3. The van der Waals surface area contributed by atoms with Crippen LogP contribution in [0.15, 0.2) is 58.3 Å². The maximum absolute atomic E-state index is 13.0. The van der Waals surface area contributed by atoms with Crippen molar-refractivity contribution in [3.8, 4) is 0 Å². The zero-order valence-corrected chi connectivity index (χ0v) is 17.3. The molecule has 2 unspecified atom stereocenters. The van der Waals surface area contributed by atoms with Crippen molar-refractivity contribution in [2.24, 2.45) is 5.92 Å². The summed E-state index contributed by atoms with van der Waals surface area (Å²) in [4.78, 5) is 12.3. The van der Waals surface area contributed by atoms with Gasteiger partial charge in [0.15, 0.2) is 6.23 Å². The fraction of sp³-hybridized carbons (Fsp3) is 0.316. The van der Waals surface area contributed by atoms with Crippen LogP contribution >= 0.6 is 0 Å². The first-order valence-electron chi connectivity index (χ1n) is 8.67. The second kappa shape index (κ2) is 7.31. The molecule has 1 fully saturated rings. The first-order valence-corrected chi connectivity index (χ1v) is 11.5. The molecule has 150 valence electrons. The van der Waals surface area contributed by atoms with E-state index < -0.39 is 38.2 Å². The number of rotatable bonds is 5. The molecule has 3 rings (SSSR count). The number of nitrogens with zero attached hydrogens (tertiary/aromatic N) is 1. The molecule has 1 aliphatic heterocycles. The number of carbonyl (C=O) groups excluding carboxylic acids is 1. The summed E-state index contributed by atoms with van der Waals surface area (Å²) in [5.74, 6) is -1.37. The van der Waals surface area contributed by atoms with Crippen LogP contribution in [0, 0.1) is 19.8 Å². The van der Waals surface area contributed by atoms with Gasteiger partial charge < -0.3 is 0 Å². The van der Waals surface area contributed by atoms with E-state index in [2.05, 4.69) is 0 Å². The van der Waals surface area contributed by atoms with Gasteiger partial charge in [-0.25, -0.2) is 16.9 Å². The van der Waals surface area contributed by atoms with E-state index >= 15 is 0 Å². The third kappa shape index (κ3) is 3.82. The molecule has 1 amide bonds. The van der Waals surface area contributed by atoms with Crippen LogP contribution in [0.3, 0.4) is 0 Å². The van der Waals surface area contributed by atoms with E-state index in [1.54, 1.807) is 38.1 Å². The Labute approximate surface area is 165 Å². The highest BCUT2D eigenvalue weighted by Gasteiger charge is 2.47. The number of benzene rings is 2. The molecule has 1 aliphatic rings. The van der Waals surface area contributed by atoms with E-state index in [-0.39, 0.29) is 16.2 Å². The summed E-state index contributed by atoms with van der Waals surface area (Å²) in [6.45, 7) is 5.16. The number of aryl methyl sites for hydroxylation is 2. The number of hydrogen-bond donors (Lipinski definition) is 0. The average molecular weight is 424 g/mol. The third-order valence-corrected chi connectivity index (χ3v) is 7.71. The highest BCUT2D eigenvalue weighted by Crippen LogP contribution is 2.33. The SMILES string of the molecule is Cc1ccc(S(=O)(=O)OC2CC(C)C(=O)N2S(=O)(=O)c2ccc(C)cc2)cc1. The third-order valence-electron chi connectivity index (χ3n) is 4.58. The van der Waals surface area contributed by atoms with Gasteiger partial charge in [-0.3, -0.25) is 4.79 Å². The predicted molar refractivity (Wildman–Crippen MR) is 102 cm³/mol. The Morgan fingerprint density at radius 3 is 1.82 bits per heavy atom. The lowest BCUT2D eigenvalue weighted by Gasteiger charge is -2.24. The summed E-state index contributed by atoms with van der Waals surface area (Å²) in [7, 11) is -8.50. The minimum absolute atomic E-state index is 0.0466. The summed E-state index contributed by atoms with van der Waals surface area (Å²) >= 11 is 0. The van der Waals surface area contributed by atoms with Crippen LogP contribution in [0.5, 0.6) is 0 Å². The van der Waals surface area contributed by atoms with Gasteiger partial charge in [0.1, 0.15) is 0 Å². The Bertz CT molecular complexity index is 1090. The van der Waals surface area contributed by atoms with Gasteiger partial charge in [-0.05, 0) is 38.1 Å². The smallest absolute Gasteiger partial charge is 0.273 e. The van der Waals surface area contributed by atoms with Crippen molar-refractivity contribution in [3.05, 3.63) is 59.7 Å². The Morgan fingerprint density at radius 1 is 0.857 bits per heavy atom. The molecular weight excluding hydrogens is 402 g/mol. The van der Waals surface area contributed by atoms with Crippen LogP contribution < -0.4 is 0 Å². The van der Waals surface area contributed by atoms with Gasteiger partial charge >= 0.3 is 0 Å². The molecule has 2 atom stereocenters. The molecule has 7 nitrogen and oxygen atoms in total. The van der Waals surface area contributed by atoms with Crippen molar-refractivity contribution in [1.29, 1.82) is 0 Å². The normalized spacial score (nSPS) is 20.5. The fourth-order valence-electron chi connectivity index (χ4n) is 2.94. The summed E-state index contributed by atoms with van der Waals surface area (Å²) in [6, 6.07) is 12.0. The molecule has 1 saturated heterocycles. The first kappa shape index (κ1) is 20.5. The Morgan fingerprint density at radius 2 is 1.32 bits per heavy atom. The summed E-state index contributed by atoms with van der Waals surface area (Å²) < 4.78 is 57.0. The first-order chi connectivity index (χ1) is 13.0. The molecule has 9 heteroatoms. The molecule has 0 N–H and O–H groups in total. The van der Waals surface area contributed by atoms with Gasteiger partial charge in [0.2, 0.25) is 5.91 Å². The Balaban J connectivity index is 1.96. The van der Waals surface area contributed by atoms with Gasteiger partial charge in [-0.15, -0.1) is 0 Å². The second-order valence-electron chi connectivity index (χ2n) is 6.91. The molecule has 1 heterocycles. The number of amides is 1. The Kier molecular flexibility index (Phi) is 5.35. The standard InChI is InChI=1S/C19H21NO6S2/c1-13-4-8-16(9-5-13)27(22,23)20-18(12-15(3)19(20)21)26-28(24,25)17-10-6-14(2)7-11-17/h4-11,15,18H,12H2,1-3H3. The molecular formula is C19H21NO6S2. The number of carbonyl (C=O) groups is 1. The highest BCUT2D eigenvalue weighted by molar-refractivity contribution is 7.90. The zero-order chi connectivity index (χ0) is 20.7. The van der Waals surface area contributed by atoms with Crippen LogP contribution in [0.2, 0.25) is 0 Å². The van der Waals surface area contributed by atoms with E-state index in [0.29, 0.717) is 4.31 Å². The lowest BCUT2D eigenvalue weighted by Crippen LogP contribution is -2.41. The van der Waals surface area contributed by atoms with Gasteiger partial charge in [0.25, 0.3) is 20.1 Å². The van der Waals surface area contributed by atoms with Crippen molar-refractivity contribution >= 4 is 26.0 Å². The zero-order valence-electron chi connectivity index (χ0n) is 15.7. The summed E-state index contributed by atoms with van der Waals surface area (Å²) in [5.41, 5.74) is 1.72. The average Bonchev–Trinajstić information content (AvgIpc) is 2.89. The van der Waals surface area contributed by atoms with Gasteiger partial charge in [-0.1, -0.05) is 42.3 Å². The monoisotopic (exact) mass is 423 g/mol. The molecule has 0 saturated carbocycles. The molecule has 0 aliphatic carbocycles. The highest BCUT2D eigenvalue weighted by atomic mass is 32.2. The largest absolute Gasteiger partial charge is 0.299 e. The maximum Gasteiger partial charge on any atom is 0.299 e. The van der Waals surface area contributed by atoms with Gasteiger partial charge in [0.05, 0.1) is 9.79 Å². The van der Waals surface area contributed by atoms with E-state index in [9.17, 15) is 21.6 Å². The van der Waals surface area contributed by atoms with E-state index in [4.69, 9.17) is 4.18 Å². The molecule has 0 spiro atoms. The van der Waals surface area contributed by atoms with Crippen molar-refractivity contribution in [3.63, 3.8) is 0 Å². The minimum Gasteiger partial charge on any atom is -0.273 e. The quantitative estimate of drug-likeness (QED) is 0.686. The van der Waals surface area contributed by atoms with Crippen molar-refractivity contribution < 1.29 is 25.8 Å². The van der Waals surface area contributed by atoms with Crippen molar-refractivity contribution in [2.75, 3.05) is 0 Å². The van der Waals surface area contributed by atoms with E-state index in [0.717, 1.165) is 11.1 Å². The predicted octanol–water partition coefficient (Wildman–Crippen LogP) is 2.59.